The first-order valence-electron chi connectivity index (χ1n) is 2.73. The fraction of sp³-hybridized carbons (Fsp3) is 0. The van der Waals surface area contributed by atoms with Gasteiger partial charge in [0.05, 0.1) is 0 Å². The van der Waals surface area contributed by atoms with Crippen LogP contribution in [0, 0.1) is 0 Å². The van der Waals surface area contributed by atoms with Crippen molar-refractivity contribution in [2.45, 2.75) is 0 Å². The van der Waals surface area contributed by atoms with Gasteiger partial charge in [-0.3, -0.25) is 0 Å². The van der Waals surface area contributed by atoms with Crippen LogP contribution in [0.4, 0.5) is 0 Å². The molecule has 0 aliphatic rings. The minimum Gasteiger partial charge on any atom is -0.507 e. The molecule has 3 nitrogen and oxygen atoms in total. The molecular formula is C7H6BO3. The van der Waals surface area contributed by atoms with Gasteiger partial charge in [-0.15, -0.1) is 0 Å². The van der Waals surface area contributed by atoms with Gasteiger partial charge in [0.2, 0.25) is 0 Å². The van der Waals surface area contributed by atoms with Crippen LogP contribution in [0.15, 0.2) is 24.3 Å². The molecule has 1 aromatic carbocycles. The van der Waals surface area contributed by atoms with Crippen LogP contribution in [0.1, 0.15) is 10.4 Å². The highest BCUT2D eigenvalue weighted by molar-refractivity contribution is 5.90. The van der Waals surface area contributed by atoms with Crippen molar-refractivity contribution >= 4 is 14.4 Å². The predicted octanol–water partition coefficient (Wildman–Crippen LogP) is 0.710. The molecule has 0 fully saturated rings. The molecule has 55 valence electrons. The molecule has 4 heteroatoms. The number of hydrogen-bond acceptors (Lipinski definition) is 2. The number of carboxylic acids is 1. The molecule has 11 heavy (non-hydrogen) atoms. The molecule has 0 atom stereocenters. The third kappa shape index (κ3) is 2.00. The van der Waals surface area contributed by atoms with E-state index in [2.05, 4.69) is 0 Å². The number of phenols is 1. The van der Waals surface area contributed by atoms with E-state index < -0.39 is 5.97 Å². The molecule has 0 saturated carbocycles. The van der Waals surface area contributed by atoms with E-state index in [9.17, 15) is 4.79 Å². The van der Waals surface area contributed by atoms with E-state index >= 15 is 0 Å². The third-order valence-corrected chi connectivity index (χ3v) is 1.13. The average molecular weight is 149 g/mol. The monoisotopic (exact) mass is 149 g/mol. The summed E-state index contributed by atoms with van der Waals surface area (Å²) in [6, 6.07) is 5.81. The summed E-state index contributed by atoms with van der Waals surface area (Å²) in [5.74, 6) is -1.31. The molecule has 0 aromatic heterocycles. The minimum atomic E-state index is -1.11. The Hall–Kier alpha value is -1.45. The molecule has 0 bridgehead atoms. The molecule has 1 aromatic rings. The number of rotatable bonds is 1. The van der Waals surface area contributed by atoms with Crippen LogP contribution in [-0.2, 0) is 0 Å². The fourth-order valence-electron chi connectivity index (χ4n) is 0.654. The summed E-state index contributed by atoms with van der Waals surface area (Å²) in [5, 5.41) is 17.3. The van der Waals surface area contributed by atoms with Gasteiger partial charge >= 0.3 is 5.97 Å². The highest BCUT2D eigenvalue weighted by Crippen LogP contribution is 2.14. The maximum atomic E-state index is 10.3. The van der Waals surface area contributed by atoms with Crippen molar-refractivity contribution in [1.29, 1.82) is 0 Å². The quantitative estimate of drug-likeness (QED) is 0.578. The summed E-state index contributed by atoms with van der Waals surface area (Å²) in [6.07, 6.45) is 0. The van der Waals surface area contributed by atoms with E-state index in [1.807, 2.05) is 0 Å². The lowest BCUT2D eigenvalue weighted by molar-refractivity contribution is 0.0694. The average Bonchev–Trinajstić information content (AvgIpc) is 1.88. The molecule has 1 rings (SSSR count). The Balaban J connectivity index is 0.000001000. The molecule has 0 saturated heterocycles. The summed E-state index contributed by atoms with van der Waals surface area (Å²) < 4.78 is 0. The lowest BCUT2D eigenvalue weighted by Gasteiger charge is -1.95. The number of para-hydroxylation sites is 1. The molecule has 0 unspecified atom stereocenters. The van der Waals surface area contributed by atoms with E-state index in [0.717, 1.165) is 0 Å². The zero-order valence-electron chi connectivity index (χ0n) is 5.69. The van der Waals surface area contributed by atoms with Gasteiger partial charge < -0.3 is 10.2 Å². The normalized spacial score (nSPS) is 8.36. The SMILES string of the molecule is O=C(O)c1ccccc1O.[B]. The summed E-state index contributed by atoms with van der Waals surface area (Å²) in [4.78, 5) is 10.3. The minimum absolute atomic E-state index is 0. The highest BCUT2D eigenvalue weighted by atomic mass is 16.4. The largest absolute Gasteiger partial charge is 0.507 e. The number of benzene rings is 1. The molecule has 2 N–H and O–H groups in total. The van der Waals surface area contributed by atoms with E-state index in [0.29, 0.717) is 0 Å². The van der Waals surface area contributed by atoms with Crippen molar-refractivity contribution < 1.29 is 15.0 Å². The summed E-state index contributed by atoms with van der Waals surface area (Å²) in [5.41, 5.74) is -0.0671. The smallest absolute Gasteiger partial charge is 0.339 e. The van der Waals surface area contributed by atoms with Crippen molar-refractivity contribution in [3.05, 3.63) is 29.8 Å². The zero-order valence-corrected chi connectivity index (χ0v) is 5.69. The van der Waals surface area contributed by atoms with Gasteiger partial charge in [-0.05, 0) is 12.1 Å². The van der Waals surface area contributed by atoms with Crippen molar-refractivity contribution in [3.8, 4) is 5.75 Å². The molecule has 0 aliphatic carbocycles. The third-order valence-electron chi connectivity index (χ3n) is 1.13. The van der Waals surface area contributed by atoms with Gasteiger partial charge in [-0.2, -0.15) is 0 Å². The Morgan fingerprint density at radius 2 is 1.82 bits per heavy atom. The molecule has 0 amide bonds. The number of carbonyl (C=O) groups is 1. The topological polar surface area (TPSA) is 57.5 Å². The second-order valence-electron chi connectivity index (χ2n) is 1.82. The molecule has 0 spiro atoms. The van der Waals surface area contributed by atoms with Crippen LogP contribution in [0.2, 0.25) is 0 Å². The Morgan fingerprint density at radius 3 is 2.18 bits per heavy atom. The van der Waals surface area contributed by atoms with Crippen LogP contribution in [0.5, 0.6) is 5.75 Å². The molecule has 0 heterocycles. The van der Waals surface area contributed by atoms with Crippen molar-refractivity contribution in [1.82, 2.24) is 0 Å². The zero-order chi connectivity index (χ0) is 7.56. The van der Waals surface area contributed by atoms with Gasteiger partial charge in [-0.1, -0.05) is 12.1 Å². The van der Waals surface area contributed by atoms with E-state index in [1.54, 1.807) is 12.1 Å². The number of carboxylic acid groups (broad SMARTS) is 1. The Kier molecular flexibility index (Phi) is 3.18. The number of aromatic hydroxyl groups is 1. The lowest BCUT2D eigenvalue weighted by atomic mass is 10.2. The Morgan fingerprint density at radius 1 is 1.27 bits per heavy atom. The summed E-state index contributed by atoms with van der Waals surface area (Å²) in [7, 11) is 0. The van der Waals surface area contributed by atoms with E-state index in [1.165, 1.54) is 12.1 Å². The predicted molar refractivity (Wildman–Crippen MR) is 40.8 cm³/mol. The van der Waals surface area contributed by atoms with Crippen LogP contribution < -0.4 is 0 Å². The molecule has 0 aliphatic heterocycles. The molecular weight excluding hydrogens is 143 g/mol. The van der Waals surface area contributed by atoms with Gasteiger partial charge in [-0.25, -0.2) is 4.79 Å². The fourth-order valence-corrected chi connectivity index (χ4v) is 0.654. The first kappa shape index (κ1) is 9.55. The van der Waals surface area contributed by atoms with Gasteiger partial charge in [0.25, 0.3) is 0 Å². The highest BCUT2D eigenvalue weighted by Gasteiger charge is 2.05. The van der Waals surface area contributed by atoms with Crippen molar-refractivity contribution in [2.24, 2.45) is 0 Å². The first-order valence-corrected chi connectivity index (χ1v) is 2.73. The number of aromatic carboxylic acids is 1. The summed E-state index contributed by atoms with van der Waals surface area (Å²) >= 11 is 0. The van der Waals surface area contributed by atoms with Gasteiger partial charge in [0.15, 0.2) is 0 Å². The second-order valence-corrected chi connectivity index (χ2v) is 1.82. The Labute approximate surface area is 65.9 Å². The van der Waals surface area contributed by atoms with Crippen LogP contribution in [-0.4, -0.2) is 24.6 Å². The van der Waals surface area contributed by atoms with E-state index in [-0.39, 0.29) is 19.7 Å². The maximum Gasteiger partial charge on any atom is 0.339 e. The van der Waals surface area contributed by atoms with Crippen LogP contribution in [0.25, 0.3) is 0 Å². The standard InChI is InChI=1S/C7H6O3.B/c8-6-4-2-1-3-5(6)7(9)10;/h1-4,8H,(H,9,10);. The van der Waals surface area contributed by atoms with Gasteiger partial charge in [0.1, 0.15) is 11.3 Å². The van der Waals surface area contributed by atoms with Crippen LogP contribution >= 0.6 is 0 Å². The van der Waals surface area contributed by atoms with Gasteiger partial charge in [0, 0.05) is 8.41 Å². The number of hydrogen-bond donors (Lipinski definition) is 2. The Bertz CT molecular complexity index is 260. The van der Waals surface area contributed by atoms with E-state index in [4.69, 9.17) is 10.2 Å². The maximum absolute atomic E-state index is 10.3. The summed E-state index contributed by atoms with van der Waals surface area (Å²) in [6.45, 7) is 0. The lowest BCUT2D eigenvalue weighted by Crippen LogP contribution is -1.95. The van der Waals surface area contributed by atoms with Crippen molar-refractivity contribution in [3.63, 3.8) is 0 Å². The second kappa shape index (κ2) is 3.66. The first-order chi connectivity index (χ1) is 4.72. The molecule has 3 radical (unpaired) electrons. The van der Waals surface area contributed by atoms with Crippen LogP contribution in [0.3, 0.4) is 0 Å². The van der Waals surface area contributed by atoms with Crippen molar-refractivity contribution in [2.75, 3.05) is 0 Å².